The van der Waals surface area contributed by atoms with E-state index in [0.717, 1.165) is 51.8 Å². The first kappa shape index (κ1) is 16.5. The number of amides is 1. The van der Waals surface area contributed by atoms with Gasteiger partial charge in [0.05, 0.1) is 4.88 Å². The molecular weight excluding hydrogens is 328 g/mol. The second-order valence-electron chi connectivity index (χ2n) is 6.01. The highest BCUT2D eigenvalue weighted by atomic mass is 35.5. The van der Waals surface area contributed by atoms with Gasteiger partial charge in [0.1, 0.15) is 0 Å². The predicted octanol–water partition coefficient (Wildman–Crippen LogP) is 4.20. The van der Waals surface area contributed by atoms with E-state index >= 15 is 0 Å². The van der Waals surface area contributed by atoms with Crippen LogP contribution in [0.1, 0.15) is 28.1 Å². The normalized spacial score (nSPS) is 18.2. The van der Waals surface area contributed by atoms with Gasteiger partial charge in [0, 0.05) is 29.0 Å². The summed E-state index contributed by atoms with van der Waals surface area (Å²) in [7, 11) is 1.96. The molecule has 0 bridgehead atoms. The number of hydrogen-bond donors (Lipinski definition) is 1. The van der Waals surface area contributed by atoms with Crippen LogP contribution in [0.4, 0.5) is 0 Å². The molecule has 3 nitrogen and oxygen atoms in total. The largest absolute Gasteiger partial charge is 0.336 e. The van der Waals surface area contributed by atoms with Crippen molar-refractivity contribution in [3.63, 3.8) is 0 Å². The molecule has 1 aromatic heterocycles. The average Bonchev–Trinajstić information content (AvgIpc) is 2.96. The minimum Gasteiger partial charge on any atom is -0.336 e. The molecule has 1 aromatic carbocycles. The molecule has 2 aromatic rings. The molecule has 1 atom stereocenters. The van der Waals surface area contributed by atoms with Crippen molar-refractivity contribution in [3.8, 4) is 10.4 Å². The van der Waals surface area contributed by atoms with Crippen LogP contribution >= 0.6 is 22.9 Å². The van der Waals surface area contributed by atoms with Gasteiger partial charge in [-0.1, -0.05) is 23.7 Å². The number of aryl methyl sites for hydroxylation is 1. The Morgan fingerprint density at radius 2 is 2.22 bits per heavy atom. The first-order valence-corrected chi connectivity index (χ1v) is 9.11. The highest BCUT2D eigenvalue weighted by Gasteiger charge is 2.25. The summed E-state index contributed by atoms with van der Waals surface area (Å²) in [4.78, 5) is 16.7. The first-order valence-electron chi connectivity index (χ1n) is 7.91. The van der Waals surface area contributed by atoms with Crippen molar-refractivity contribution in [3.05, 3.63) is 45.8 Å². The zero-order valence-corrected chi connectivity index (χ0v) is 15.0. The maximum absolute atomic E-state index is 12.8. The highest BCUT2D eigenvalue weighted by molar-refractivity contribution is 7.17. The topological polar surface area (TPSA) is 32.3 Å². The van der Waals surface area contributed by atoms with E-state index < -0.39 is 0 Å². The Bertz CT molecular complexity index is 713. The van der Waals surface area contributed by atoms with E-state index in [1.165, 1.54) is 0 Å². The maximum atomic E-state index is 12.8. The number of hydrogen-bond acceptors (Lipinski definition) is 3. The van der Waals surface area contributed by atoms with Gasteiger partial charge in [-0.25, -0.2) is 0 Å². The number of carbonyl (C=O) groups is 1. The van der Waals surface area contributed by atoms with Gasteiger partial charge in [-0.2, -0.15) is 0 Å². The van der Waals surface area contributed by atoms with Crippen LogP contribution in [0.5, 0.6) is 0 Å². The molecule has 1 fully saturated rings. The van der Waals surface area contributed by atoms with E-state index in [4.69, 9.17) is 11.6 Å². The van der Waals surface area contributed by atoms with Crippen molar-refractivity contribution in [2.24, 2.45) is 0 Å². The number of benzene rings is 1. The zero-order chi connectivity index (χ0) is 16.4. The van der Waals surface area contributed by atoms with Crippen molar-refractivity contribution in [1.29, 1.82) is 0 Å². The minimum atomic E-state index is 0.145. The summed E-state index contributed by atoms with van der Waals surface area (Å²) in [6.45, 7) is 3.69. The molecule has 1 aliphatic heterocycles. The predicted molar refractivity (Wildman–Crippen MR) is 97.5 cm³/mol. The molecule has 0 radical (unpaired) electrons. The second kappa shape index (κ2) is 7.04. The van der Waals surface area contributed by atoms with Crippen LogP contribution in [0.2, 0.25) is 5.02 Å². The Hall–Kier alpha value is -1.36. The molecule has 1 N–H and O–H groups in total. The van der Waals surface area contributed by atoms with Crippen LogP contribution in [0, 0.1) is 6.92 Å². The summed E-state index contributed by atoms with van der Waals surface area (Å²) in [6.07, 6.45) is 2.19. The van der Waals surface area contributed by atoms with Crippen LogP contribution in [0.15, 0.2) is 30.3 Å². The van der Waals surface area contributed by atoms with E-state index in [0.29, 0.717) is 6.04 Å². The Morgan fingerprint density at radius 1 is 1.39 bits per heavy atom. The molecule has 0 spiro atoms. The summed E-state index contributed by atoms with van der Waals surface area (Å²) in [5.41, 5.74) is 2.20. The number of halogens is 1. The summed E-state index contributed by atoms with van der Waals surface area (Å²) in [5.74, 6) is 0.145. The van der Waals surface area contributed by atoms with Crippen LogP contribution in [0.25, 0.3) is 10.4 Å². The van der Waals surface area contributed by atoms with Crippen LogP contribution in [0.3, 0.4) is 0 Å². The van der Waals surface area contributed by atoms with E-state index in [1.54, 1.807) is 11.3 Å². The van der Waals surface area contributed by atoms with E-state index in [1.807, 2.05) is 42.3 Å². The average molecular weight is 349 g/mol. The molecule has 23 heavy (non-hydrogen) atoms. The quantitative estimate of drug-likeness (QED) is 0.901. The van der Waals surface area contributed by atoms with Gasteiger partial charge >= 0.3 is 0 Å². The number of rotatable bonds is 3. The zero-order valence-electron chi connectivity index (χ0n) is 13.4. The Balaban J connectivity index is 1.84. The smallest absolute Gasteiger partial charge is 0.264 e. The summed E-state index contributed by atoms with van der Waals surface area (Å²) in [5, 5.41) is 4.00. The molecule has 2 heterocycles. The minimum absolute atomic E-state index is 0.145. The Labute approximate surface area is 146 Å². The number of piperidine rings is 1. The van der Waals surface area contributed by atoms with E-state index in [9.17, 15) is 4.79 Å². The van der Waals surface area contributed by atoms with Gasteiger partial charge in [-0.05, 0) is 56.1 Å². The number of carbonyl (C=O) groups excluding carboxylic acids is 1. The first-order chi connectivity index (χ1) is 11.1. The monoisotopic (exact) mass is 348 g/mol. The number of nitrogens with zero attached hydrogens (tertiary/aromatic N) is 1. The lowest BCUT2D eigenvalue weighted by Gasteiger charge is -2.32. The highest BCUT2D eigenvalue weighted by Crippen LogP contribution is 2.34. The summed E-state index contributed by atoms with van der Waals surface area (Å²) < 4.78 is 0. The van der Waals surface area contributed by atoms with Crippen molar-refractivity contribution >= 4 is 28.8 Å². The SMILES string of the molecule is CNC1CCCN(C(=O)c2cc(C)c(-c3cccc(Cl)c3)s2)C1. The third-order valence-electron chi connectivity index (χ3n) is 4.33. The van der Waals surface area contributed by atoms with Gasteiger partial charge in [0.2, 0.25) is 0 Å². The lowest BCUT2D eigenvalue weighted by atomic mass is 10.1. The van der Waals surface area contributed by atoms with Crippen LogP contribution in [-0.4, -0.2) is 37.0 Å². The molecule has 1 unspecified atom stereocenters. The van der Waals surface area contributed by atoms with Gasteiger partial charge in [-0.15, -0.1) is 11.3 Å². The van der Waals surface area contributed by atoms with Crippen molar-refractivity contribution in [2.75, 3.05) is 20.1 Å². The number of thiophene rings is 1. The molecule has 3 rings (SSSR count). The fourth-order valence-corrected chi connectivity index (χ4v) is 4.38. The molecule has 5 heteroatoms. The molecule has 122 valence electrons. The Morgan fingerprint density at radius 3 is 2.96 bits per heavy atom. The van der Waals surface area contributed by atoms with Gasteiger partial charge in [-0.3, -0.25) is 4.79 Å². The Kier molecular flexibility index (Phi) is 5.05. The van der Waals surface area contributed by atoms with Gasteiger partial charge in [0.25, 0.3) is 5.91 Å². The molecule has 0 saturated carbocycles. The molecular formula is C18H21ClN2OS. The standard InChI is InChI=1S/C18H21ClN2OS/c1-12-9-16(18(22)21-8-4-7-15(11-21)20-2)23-17(12)13-5-3-6-14(19)10-13/h3,5-6,9-10,15,20H,4,7-8,11H2,1-2H3. The third kappa shape index (κ3) is 3.60. The van der Waals surface area contributed by atoms with E-state index in [2.05, 4.69) is 12.2 Å². The van der Waals surface area contributed by atoms with Crippen LogP contribution in [-0.2, 0) is 0 Å². The molecule has 1 amide bonds. The number of likely N-dealkylation sites (tertiary alicyclic amines) is 1. The fraction of sp³-hybridized carbons (Fsp3) is 0.389. The van der Waals surface area contributed by atoms with Crippen molar-refractivity contribution in [2.45, 2.75) is 25.8 Å². The second-order valence-corrected chi connectivity index (χ2v) is 7.50. The van der Waals surface area contributed by atoms with Gasteiger partial charge in [0.15, 0.2) is 0 Å². The summed E-state index contributed by atoms with van der Waals surface area (Å²) >= 11 is 7.65. The maximum Gasteiger partial charge on any atom is 0.264 e. The number of likely N-dealkylation sites (N-methyl/N-ethyl adjacent to an activating group) is 1. The molecule has 1 aliphatic rings. The molecule has 1 saturated heterocycles. The van der Waals surface area contributed by atoms with Crippen molar-refractivity contribution < 1.29 is 4.79 Å². The van der Waals surface area contributed by atoms with Gasteiger partial charge < -0.3 is 10.2 Å². The lowest BCUT2D eigenvalue weighted by Crippen LogP contribution is -2.46. The third-order valence-corrected chi connectivity index (χ3v) is 5.84. The van der Waals surface area contributed by atoms with E-state index in [-0.39, 0.29) is 5.91 Å². The fourth-order valence-electron chi connectivity index (χ4n) is 3.06. The molecule has 0 aliphatic carbocycles. The number of nitrogens with one attached hydrogen (secondary N) is 1. The lowest BCUT2D eigenvalue weighted by molar-refractivity contribution is 0.0703. The summed E-state index contributed by atoms with van der Waals surface area (Å²) in [6, 6.07) is 10.2. The van der Waals surface area contributed by atoms with Crippen molar-refractivity contribution in [1.82, 2.24) is 10.2 Å². The van der Waals surface area contributed by atoms with Crippen LogP contribution < -0.4 is 5.32 Å².